The first-order chi connectivity index (χ1) is 8.29. The van der Waals surface area contributed by atoms with E-state index in [2.05, 4.69) is 25.0 Å². The Morgan fingerprint density at radius 1 is 1.24 bits per heavy atom. The van der Waals surface area contributed by atoms with E-state index in [1.165, 1.54) is 13.4 Å². The molecule has 0 bridgehead atoms. The molecule has 0 aliphatic rings. The van der Waals surface area contributed by atoms with E-state index in [1.54, 1.807) is 0 Å². The minimum Gasteiger partial charge on any atom is -0.453 e. The monoisotopic (exact) mass is 230 g/mol. The highest BCUT2D eigenvalue weighted by atomic mass is 16.5. The SMILES string of the molecule is COC(=O)Nc1ncnc(-c2ccccc2)n1. The first kappa shape index (κ1) is 11.0. The van der Waals surface area contributed by atoms with Crippen LogP contribution in [0.5, 0.6) is 0 Å². The molecule has 6 heteroatoms. The maximum atomic E-state index is 11.0. The second kappa shape index (κ2) is 5.02. The van der Waals surface area contributed by atoms with Gasteiger partial charge in [-0.3, -0.25) is 5.32 Å². The van der Waals surface area contributed by atoms with Crippen LogP contribution in [0, 0.1) is 0 Å². The number of hydrogen-bond donors (Lipinski definition) is 1. The van der Waals surface area contributed by atoms with Crippen molar-refractivity contribution in [3.63, 3.8) is 0 Å². The standard InChI is InChI=1S/C11H10N4O2/c1-17-11(16)15-10-13-7-12-9(14-10)8-5-3-2-4-6-8/h2-7H,1H3,(H,12,13,14,15,16). The molecule has 2 rings (SSSR count). The first-order valence-corrected chi connectivity index (χ1v) is 4.89. The molecule has 1 aromatic heterocycles. The number of amides is 1. The van der Waals surface area contributed by atoms with Crippen molar-refractivity contribution >= 4 is 12.0 Å². The van der Waals surface area contributed by atoms with Crippen LogP contribution < -0.4 is 5.32 Å². The lowest BCUT2D eigenvalue weighted by Gasteiger charge is -2.03. The Morgan fingerprint density at radius 3 is 2.71 bits per heavy atom. The van der Waals surface area contributed by atoms with Crippen molar-refractivity contribution in [2.24, 2.45) is 0 Å². The molecule has 2 aromatic rings. The molecule has 17 heavy (non-hydrogen) atoms. The molecule has 0 unspecified atom stereocenters. The predicted molar refractivity (Wildman–Crippen MR) is 61.3 cm³/mol. The van der Waals surface area contributed by atoms with Gasteiger partial charge in [0, 0.05) is 5.56 Å². The molecule has 0 aliphatic heterocycles. The lowest BCUT2D eigenvalue weighted by molar-refractivity contribution is 0.186. The number of methoxy groups -OCH3 is 1. The number of carbonyl (C=O) groups excluding carboxylic acids is 1. The molecule has 86 valence electrons. The van der Waals surface area contributed by atoms with Gasteiger partial charge in [-0.25, -0.2) is 14.8 Å². The largest absolute Gasteiger partial charge is 0.453 e. The van der Waals surface area contributed by atoms with Crippen molar-refractivity contribution in [1.29, 1.82) is 0 Å². The Labute approximate surface area is 97.7 Å². The number of benzene rings is 1. The van der Waals surface area contributed by atoms with E-state index in [0.717, 1.165) is 5.56 Å². The van der Waals surface area contributed by atoms with Crippen LogP contribution in [0.2, 0.25) is 0 Å². The van der Waals surface area contributed by atoms with Crippen LogP contribution in [0.25, 0.3) is 11.4 Å². The highest BCUT2D eigenvalue weighted by Gasteiger charge is 2.06. The summed E-state index contributed by atoms with van der Waals surface area (Å²) < 4.78 is 4.45. The van der Waals surface area contributed by atoms with E-state index >= 15 is 0 Å². The summed E-state index contributed by atoms with van der Waals surface area (Å²) in [5, 5.41) is 2.38. The van der Waals surface area contributed by atoms with Gasteiger partial charge in [0.2, 0.25) is 5.95 Å². The molecular weight excluding hydrogens is 220 g/mol. The second-order valence-electron chi connectivity index (χ2n) is 3.12. The second-order valence-corrected chi connectivity index (χ2v) is 3.12. The number of hydrogen-bond acceptors (Lipinski definition) is 5. The van der Waals surface area contributed by atoms with Crippen LogP contribution in [0.15, 0.2) is 36.7 Å². The smallest absolute Gasteiger partial charge is 0.413 e. The summed E-state index contributed by atoms with van der Waals surface area (Å²) in [5.41, 5.74) is 0.850. The molecule has 1 aromatic carbocycles. The fourth-order valence-corrected chi connectivity index (χ4v) is 1.23. The predicted octanol–water partition coefficient (Wildman–Crippen LogP) is 1.72. The molecule has 1 heterocycles. The van der Waals surface area contributed by atoms with Crippen LogP contribution >= 0.6 is 0 Å². The van der Waals surface area contributed by atoms with Crippen molar-refractivity contribution < 1.29 is 9.53 Å². The van der Waals surface area contributed by atoms with E-state index in [9.17, 15) is 4.79 Å². The third-order valence-corrected chi connectivity index (χ3v) is 2.00. The maximum absolute atomic E-state index is 11.0. The molecule has 6 nitrogen and oxygen atoms in total. The van der Waals surface area contributed by atoms with E-state index in [0.29, 0.717) is 5.82 Å². The fourth-order valence-electron chi connectivity index (χ4n) is 1.23. The van der Waals surface area contributed by atoms with Crippen molar-refractivity contribution in [3.05, 3.63) is 36.7 Å². The van der Waals surface area contributed by atoms with Gasteiger partial charge in [-0.2, -0.15) is 4.98 Å². The van der Waals surface area contributed by atoms with Gasteiger partial charge in [0.15, 0.2) is 5.82 Å². The number of aromatic nitrogens is 3. The summed E-state index contributed by atoms with van der Waals surface area (Å²) >= 11 is 0. The van der Waals surface area contributed by atoms with Crippen LogP contribution in [0.4, 0.5) is 10.7 Å². The summed E-state index contributed by atoms with van der Waals surface area (Å²) in [6.07, 6.45) is 0.718. The molecule has 0 atom stereocenters. The van der Waals surface area contributed by atoms with Gasteiger partial charge < -0.3 is 4.74 Å². The zero-order chi connectivity index (χ0) is 12.1. The molecular formula is C11H10N4O2. The van der Waals surface area contributed by atoms with Gasteiger partial charge >= 0.3 is 6.09 Å². The summed E-state index contributed by atoms with van der Waals surface area (Å²) in [4.78, 5) is 22.9. The zero-order valence-corrected chi connectivity index (χ0v) is 9.12. The summed E-state index contributed by atoms with van der Waals surface area (Å²) in [6.45, 7) is 0. The maximum Gasteiger partial charge on any atom is 0.413 e. The lowest BCUT2D eigenvalue weighted by Crippen LogP contribution is -2.13. The zero-order valence-electron chi connectivity index (χ0n) is 9.12. The Balaban J connectivity index is 2.26. The third kappa shape index (κ3) is 2.75. The Hall–Kier alpha value is -2.50. The Kier molecular flexibility index (Phi) is 3.25. The van der Waals surface area contributed by atoms with Gasteiger partial charge in [-0.05, 0) is 0 Å². The van der Waals surface area contributed by atoms with Crippen molar-refractivity contribution in [1.82, 2.24) is 15.0 Å². The van der Waals surface area contributed by atoms with Gasteiger partial charge in [0.25, 0.3) is 0 Å². The topological polar surface area (TPSA) is 77.0 Å². The minimum atomic E-state index is -0.616. The number of carbonyl (C=O) groups is 1. The molecule has 0 saturated heterocycles. The number of anilines is 1. The van der Waals surface area contributed by atoms with Crippen molar-refractivity contribution in [2.75, 3.05) is 12.4 Å². The highest BCUT2D eigenvalue weighted by molar-refractivity contribution is 5.82. The van der Waals surface area contributed by atoms with Crippen LogP contribution in [0.3, 0.4) is 0 Å². The summed E-state index contributed by atoms with van der Waals surface area (Å²) in [7, 11) is 1.27. The van der Waals surface area contributed by atoms with E-state index < -0.39 is 6.09 Å². The molecule has 1 amide bonds. The van der Waals surface area contributed by atoms with E-state index in [-0.39, 0.29) is 5.95 Å². The minimum absolute atomic E-state index is 0.158. The summed E-state index contributed by atoms with van der Waals surface area (Å²) in [5.74, 6) is 0.651. The Bertz CT molecular complexity index is 516. The molecule has 0 saturated carbocycles. The van der Waals surface area contributed by atoms with Crippen molar-refractivity contribution in [3.8, 4) is 11.4 Å². The van der Waals surface area contributed by atoms with Gasteiger partial charge in [-0.1, -0.05) is 30.3 Å². The Morgan fingerprint density at radius 2 is 2.00 bits per heavy atom. The van der Waals surface area contributed by atoms with Gasteiger partial charge in [-0.15, -0.1) is 0 Å². The van der Waals surface area contributed by atoms with E-state index in [1.807, 2.05) is 30.3 Å². The van der Waals surface area contributed by atoms with Crippen LogP contribution in [0.1, 0.15) is 0 Å². The van der Waals surface area contributed by atoms with Crippen LogP contribution in [-0.2, 0) is 4.74 Å². The van der Waals surface area contributed by atoms with Gasteiger partial charge in [0.05, 0.1) is 7.11 Å². The number of nitrogens with one attached hydrogen (secondary N) is 1. The molecule has 1 N–H and O–H groups in total. The number of rotatable bonds is 2. The molecule has 0 aliphatic carbocycles. The lowest BCUT2D eigenvalue weighted by atomic mass is 10.2. The fraction of sp³-hybridized carbons (Fsp3) is 0.0909. The average Bonchev–Trinajstić information content (AvgIpc) is 2.40. The third-order valence-electron chi connectivity index (χ3n) is 2.00. The number of nitrogens with zero attached hydrogens (tertiary/aromatic N) is 3. The number of ether oxygens (including phenoxy) is 1. The first-order valence-electron chi connectivity index (χ1n) is 4.89. The van der Waals surface area contributed by atoms with E-state index in [4.69, 9.17) is 0 Å². The normalized spacial score (nSPS) is 9.71. The van der Waals surface area contributed by atoms with Crippen molar-refractivity contribution in [2.45, 2.75) is 0 Å². The molecule has 0 fully saturated rings. The molecule has 0 spiro atoms. The van der Waals surface area contributed by atoms with Gasteiger partial charge in [0.1, 0.15) is 6.33 Å². The quantitative estimate of drug-likeness (QED) is 0.849. The molecule has 0 radical (unpaired) electrons. The summed E-state index contributed by atoms with van der Waals surface area (Å²) in [6, 6.07) is 9.41. The average molecular weight is 230 g/mol. The highest BCUT2D eigenvalue weighted by Crippen LogP contribution is 2.13. The van der Waals surface area contributed by atoms with Crippen LogP contribution in [-0.4, -0.2) is 28.2 Å².